The molecule has 21 heavy (non-hydrogen) atoms. The average molecular weight is 284 g/mol. The van der Waals surface area contributed by atoms with Gasteiger partial charge in [-0.1, -0.05) is 28.9 Å². The highest BCUT2D eigenvalue weighted by molar-refractivity contribution is 5.79. The van der Waals surface area contributed by atoms with Crippen LogP contribution in [0.25, 0.3) is 0 Å². The maximum atomic E-state index is 12.5. The molecule has 0 radical (unpaired) electrons. The Kier molecular flexibility index (Phi) is 3.78. The highest BCUT2D eigenvalue weighted by Crippen LogP contribution is 2.34. The molecule has 1 saturated heterocycles. The van der Waals surface area contributed by atoms with Gasteiger partial charge < -0.3 is 9.42 Å². The Morgan fingerprint density at radius 1 is 1.38 bits per heavy atom. The first-order valence-electron chi connectivity index (χ1n) is 7.41. The zero-order valence-electron chi connectivity index (χ0n) is 12.5. The lowest BCUT2D eigenvalue weighted by atomic mass is 9.97. The van der Waals surface area contributed by atoms with Gasteiger partial charge >= 0.3 is 0 Å². The predicted molar refractivity (Wildman–Crippen MR) is 79.8 cm³/mol. The lowest BCUT2D eigenvalue weighted by Crippen LogP contribution is -2.32. The lowest BCUT2D eigenvalue weighted by molar-refractivity contribution is -0.131. The number of carbonyl (C=O) groups is 1. The van der Waals surface area contributed by atoms with Crippen molar-refractivity contribution in [2.24, 2.45) is 0 Å². The largest absolute Gasteiger partial charge is 0.364 e. The molecule has 110 valence electrons. The summed E-state index contributed by atoms with van der Waals surface area (Å²) in [5.74, 6) is 0.132. The van der Waals surface area contributed by atoms with Crippen LogP contribution in [-0.2, 0) is 11.2 Å². The van der Waals surface area contributed by atoms with Crippen molar-refractivity contribution in [3.05, 3.63) is 52.9 Å². The van der Waals surface area contributed by atoms with Gasteiger partial charge in [0.15, 0.2) is 0 Å². The average Bonchev–Trinajstić information content (AvgIpc) is 3.12. The van der Waals surface area contributed by atoms with Crippen molar-refractivity contribution in [1.82, 2.24) is 10.1 Å². The summed E-state index contributed by atoms with van der Waals surface area (Å²) in [6, 6.07) is 8.42. The number of nitrogens with zero attached hydrogens (tertiary/aromatic N) is 2. The van der Waals surface area contributed by atoms with Crippen LogP contribution in [0.5, 0.6) is 0 Å². The van der Waals surface area contributed by atoms with Crippen LogP contribution < -0.4 is 0 Å². The molecule has 1 aliphatic heterocycles. The van der Waals surface area contributed by atoms with Crippen LogP contribution in [0.1, 0.15) is 41.3 Å². The third kappa shape index (κ3) is 2.84. The molecule has 2 heterocycles. The number of carbonyl (C=O) groups excluding carboxylic acids is 1. The third-order valence-electron chi connectivity index (χ3n) is 4.19. The second-order valence-electron chi connectivity index (χ2n) is 5.77. The van der Waals surface area contributed by atoms with E-state index < -0.39 is 0 Å². The van der Waals surface area contributed by atoms with Gasteiger partial charge in [-0.25, -0.2) is 0 Å². The van der Waals surface area contributed by atoms with Gasteiger partial charge in [0, 0.05) is 12.6 Å². The Bertz CT molecular complexity index is 634. The number of hydrogen-bond acceptors (Lipinski definition) is 3. The zero-order chi connectivity index (χ0) is 14.8. The molecule has 0 bridgehead atoms. The lowest BCUT2D eigenvalue weighted by Gasteiger charge is -2.26. The number of hydrogen-bond donors (Lipinski definition) is 0. The van der Waals surface area contributed by atoms with Crippen molar-refractivity contribution < 1.29 is 9.32 Å². The van der Waals surface area contributed by atoms with E-state index in [4.69, 9.17) is 4.52 Å². The number of aromatic nitrogens is 1. The van der Waals surface area contributed by atoms with Gasteiger partial charge in [0.25, 0.3) is 0 Å². The summed E-state index contributed by atoms with van der Waals surface area (Å²) in [5.41, 5.74) is 4.48. The molecule has 0 N–H and O–H groups in total. The standard InChI is InChI=1S/C17H20N2O2/c1-12-5-6-13(2)15(10-12)16-4-3-8-19(16)17(20)11-14-7-9-21-18-14/h5-7,9-10,16H,3-4,8,11H2,1-2H3/t16-/m0/s1. The second-order valence-corrected chi connectivity index (χ2v) is 5.77. The van der Waals surface area contributed by atoms with Gasteiger partial charge in [-0.05, 0) is 37.8 Å². The molecular weight excluding hydrogens is 264 g/mol. The van der Waals surface area contributed by atoms with Gasteiger partial charge in [0.1, 0.15) is 6.26 Å². The first-order chi connectivity index (χ1) is 10.1. The fourth-order valence-electron chi connectivity index (χ4n) is 3.09. The normalized spacial score (nSPS) is 18.2. The van der Waals surface area contributed by atoms with E-state index in [1.165, 1.54) is 23.0 Å². The summed E-state index contributed by atoms with van der Waals surface area (Å²) in [7, 11) is 0. The fraction of sp³-hybridized carbons (Fsp3) is 0.412. The molecule has 0 unspecified atom stereocenters. The molecular formula is C17H20N2O2. The Hall–Kier alpha value is -2.10. The summed E-state index contributed by atoms with van der Waals surface area (Å²) in [6.45, 7) is 5.04. The molecule has 1 aromatic heterocycles. The van der Waals surface area contributed by atoms with Crippen molar-refractivity contribution in [2.75, 3.05) is 6.54 Å². The van der Waals surface area contributed by atoms with Crippen LogP contribution in [0, 0.1) is 13.8 Å². The number of rotatable bonds is 3. The van der Waals surface area contributed by atoms with E-state index in [1.807, 2.05) is 4.90 Å². The minimum atomic E-state index is 0.132. The van der Waals surface area contributed by atoms with Crippen LogP contribution in [0.15, 0.2) is 35.1 Å². The number of benzene rings is 1. The number of likely N-dealkylation sites (tertiary alicyclic amines) is 1. The number of aryl methyl sites for hydroxylation is 2. The van der Waals surface area contributed by atoms with Crippen molar-refractivity contribution >= 4 is 5.91 Å². The molecule has 0 aliphatic carbocycles. The van der Waals surface area contributed by atoms with Crippen LogP contribution in [0.4, 0.5) is 0 Å². The van der Waals surface area contributed by atoms with Gasteiger partial charge in [0.2, 0.25) is 5.91 Å². The van der Waals surface area contributed by atoms with E-state index in [0.717, 1.165) is 19.4 Å². The van der Waals surface area contributed by atoms with Crippen LogP contribution >= 0.6 is 0 Å². The Balaban J connectivity index is 1.82. The van der Waals surface area contributed by atoms with Crippen LogP contribution in [0.3, 0.4) is 0 Å². The Morgan fingerprint density at radius 2 is 2.24 bits per heavy atom. The highest BCUT2D eigenvalue weighted by Gasteiger charge is 2.31. The number of amides is 1. The smallest absolute Gasteiger partial charge is 0.229 e. The maximum absolute atomic E-state index is 12.5. The van der Waals surface area contributed by atoms with Gasteiger partial charge in [-0.15, -0.1) is 0 Å². The maximum Gasteiger partial charge on any atom is 0.229 e. The Labute approximate surface area is 124 Å². The molecule has 4 heteroatoms. The molecule has 1 fully saturated rings. The van der Waals surface area contributed by atoms with E-state index in [2.05, 4.69) is 37.2 Å². The van der Waals surface area contributed by atoms with E-state index in [1.54, 1.807) is 6.07 Å². The molecule has 4 nitrogen and oxygen atoms in total. The molecule has 1 aromatic carbocycles. The Morgan fingerprint density at radius 3 is 3.00 bits per heavy atom. The van der Waals surface area contributed by atoms with Gasteiger partial charge in [-0.2, -0.15) is 0 Å². The molecule has 2 aromatic rings. The molecule has 3 rings (SSSR count). The molecule has 1 amide bonds. The van der Waals surface area contributed by atoms with Crippen molar-refractivity contribution in [3.8, 4) is 0 Å². The minimum absolute atomic E-state index is 0.132. The second kappa shape index (κ2) is 5.72. The van der Waals surface area contributed by atoms with E-state index in [9.17, 15) is 4.79 Å². The zero-order valence-corrected chi connectivity index (χ0v) is 12.5. The van der Waals surface area contributed by atoms with Gasteiger partial charge in [-0.3, -0.25) is 4.79 Å². The van der Waals surface area contributed by atoms with Crippen molar-refractivity contribution in [1.29, 1.82) is 0 Å². The monoisotopic (exact) mass is 284 g/mol. The van der Waals surface area contributed by atoms with E-state index in [-0.39, 0.29) is 11.9 Å². The summed E-state index contributed by atoms with van der Waals surface area (Å²) in [5, 5.41) is 3.83. The van der Waals surface area contributed by atoms with Crippen molar-refractivity contribution in [2.45, 2.75) is 39.2 Å². The molecule has 1 atom stereocenters. The first-order valence-corrected chi connectivity index (χ1v) is 7.41. The summed E-state index contributed by atoms with van der Waals surface area (Å²) < 4.78 is 4.80. The quantitative estimate of drug-likeness (QED) is 0.869. The third-order valence-corrected chi connectivity index (χ3v) is 4.19. The van der Waals surface area contributed by atoms with E-state index in [0.29, 0.717) is 12.1 Å². The fourth-order valence-corrected chi connectivity index (χ4v) is 3.09. The van der Waals surface area contributed by atoms with Gasteiger partial charge in [0.05, 0.1) is 18.2 Å². The summed E-state index contributed by atoms with van der Waals surface area (Å²) in [4.78, 5) is 14.5. The summed E-state index contributed by atoms with van der Waals surface area (Å²) in [6.07, 6.45) is 3.92. The topological polar surface area (TPSA) is 46.3 Å². The predicted octanol–water partition coefficient (Wildman–Crippen LogP) is 3.20. The van der Waals surface area contributed by atoms with E-state index >= 15 is 0 Å². The molecule has 1 aliphatic rings. The highest BCUT2D eigenvalue weighted by atomic mass is 16.5. The molecule has 0 saturated carbocycles. The minimum Gasteiger partial charge on any atom is -0.364 e. The van der Waals surface area contributed by atoms with Crippen LogP contribution in [-0.4, -0.2) is 22.5 Å². The molecule has 0 spiro atoms. The van der Waals surface area contributed by atoms with Crippen LogP contribution in [0.2, 0.25) is 0 Å². The summed E-state index contributed by atoms with van der Waals surface area (Å²) >= 11 is 0. The first kappa shape index (κ1) is 13.9. The SMILES string of the molecule is Cc1ccc(C)c([C@@H]2CCCN2C(=O)Cc2ccon2)c1. The van der Waals surface area contributed by atoms with Crippen molar-refractivity contribution in [3.63, 3.8) is 0 Å².